The van der Waals surface area contributed by atoms with E-state index >= 15 is 0 Å². The van der Waals surface area contributed by atoms with Crippen LogP contribution in [0.1, 0.15) is 25.0 Å². The van der Waals surface area contributed by atoms with Gasteiger partial charge in [0, 0.05) is 6.54 Å². The number of amides is 1. The zero-order valence-corrected chi connectivity index (χ0v) is 13.4. The van der Waals surface area contributed by atoms with Gasteiger partial charge in [-0.3, -0.25) is 9.10 Å². The summed E-state index contributed by atoms with van der Waals surface area (Å²) in [4.78, 5) is 11.9. The second-order valence-electron chi connectivity index (χ2n) is 4.90. The largest absolute Gasteiger partial charge is 0.355 e. The maximum atomic E-state index is 12.0. The van der Waals surface area contributed by atoms with Gasteiger partial charge in [0.15, 0.2) is 0 Å². The number of likely N-dealkylation sites (N-methyl/N-ethyl adjacent to an activating group) is 1. The molecule has 0 aliphatic heterocycles. The highest BCUT2D eigenvalue weighted by Gasteiger charge is 2.28. The molecule has 1 aromatic carbocycles. The van der Waals surface area contributed by atoms with Gasteiger partial charge in [0.05, 0.1) is 11.9 Å². The van der Waals surface area contributed by atoms with Crippen LogP contribution in [0, 0.1) is 13.8 Å². The molecule has 1 amide bonds. The molecule has 0 bridgehead atoms. The zero-order chi connectivity index (χ0) is 15.5. The fraction of sp³-hybridized carbons (Fsp3) is 0.500. The van der Waals surface area contributed by atoms with E-state index in [-0.39, 0.29) is 5.91 Å². The van der Waals surface area contributed by atoms with E-state index in [4.69, 9.17) is 0 Å². The van der Waals surface area contributed by atoms with Crippen LogP contribution in [0.25, 0.3) is 0 Å². The lowest BCUT2D eigenvalue weighted by molar-refractivity contribution is -0.121. The number of aryl methyl sites for hydroxylation is 2. The third-order valence-electron chi connectivity index (χ3n) is 3.18. The maximum absolute atomic E-state index is 12.0. The molecule has 0 heterocycles. The summed E-state index contributed by atoms with van der Waals surface area (Å²) in [5, 5.41) is 2.65. The van der Waals surface area contributed by atoms with Crippen LogP contribution in [-0.4, -0.2) is 33.2 Å². The molecule has 6 heteroatoms. The summed E-state index contributed by atoms with van der Waals surface area (Å²) >= 11 is 0. The summed E-state index contributed by atoms with van der Waals surface area (Å²) in [5.41, 5.74) is 2.57. The molecule has 0 saturated carbocycles. The van der Waals surface area contributed by atoms with Crippen molar-refractivity contribution in [2.45, 2.75) is 33.7 Å². The molecule has 0 aliphatic carbocycles. The van der Waals surface area contributed by atoms with Crippen LogP contribution in [0.15, 0.2) is 18.2 Å². The average molecular weight is 298 g/mol. The summed E-state index contributed by atoms with van der Waals surface area (Å²) in [6.45, 7) is 7.72. The first-order valence-corrected chi connectivity index (χ1v) is 8.37. The minimum absolute atomic E-state index is 0.309. The molecule has 1 rings (SSSR count). The third-order valence-corrected chi connectivity index (χ3v) is 4.43. The van der Waals surface area contributed by atoms with Crippen LogP contribution < -0.4 is 9.62 Å². The lowest BCUT2D eigenvalue weighted by Gasteiger charge is -2.28. The number of carbonyl (C=O) groups is 1. The van der Waals surface area contributed by atoms with Gasteiger partial charge in [-0.2, -0.15) is 0 Å². The van der Waals surface area contributed by atoms with Gasteiger partial charge in [-0.1, -0.05) is 6.07 Å². The summed E-state index contributed by atoms with van der Waals surface area (Å²) in [7, 11) is -3.54. The molecule has 0 unspecified atom stereocenters. The number of anilines is 1. The van der Waals surface area contributed by atoms with Gasteiger partial charge >= 0.3 is 0 Å². The van der Waals surface area contributed by atoms with Crippen LogP contribution in [0.2, 0.25) is 0 Å². The van der Waals surface area contributed by atoms with E-state index in [1.54, 1.807) is 26.0 Å². The topological polar surface area (TPSA) is 66.5 Å². The van der Waals surface area contributed by atoms with Gasteiger partial charge in [-0.15, -0.1) is 0 Å². The standard InChI is InChI=1S/C14H22N2O3S/c1-6-15-14(17)12(4)16(20(5,18)19)13-8-7-10(2)11(3)9-13/h7-9,12H,6H2,1-5H3,(H,15,17)/t12-/m0/s1. The molecule has 1 N–H and O–H groups in total. The van der Waals surface area contributed by atoms with Crippen LogP contribution in [0.3, 0.4) is 0 Å². The van der Waals surface area contributed by atoms with Crippen LogP contribution in [0.4, 0.5) is 5.69 Å². The molecule has 0 saturated heterocycles. The first-order valence-electron chi connectivity index (χ1n) is 6.52. The van der Waals surface area contributed by atoms with Crippen LogP contribution >= 0.6 is 0 Å². The Labute approximate surface area is 121 Å². The molecular weight excluding hydrogens is 276 g/mol. The van der Waals surface area contributed by atoms with Crippen molar-refractivity contribution in [1.29, 1.82) is 0 Å². The van der Waals surface area contributed by atoms with Gasteiger partial charge in [0.25, 0.3) is 0 Å². The fourth-order valence-electron chi connectivity index (χ4n) is 1.99. The molecule has 0 aromatic heterocycles. The molecule has 0 aliphatic rings. The Morgan fingerprint density at radius 1 is 1.30 bits per heavy atom. The van der Waals surface area contributed by atoms with Crippen LogP contribution in [-0.2, 0) is 14.8 Å². The number of nitrogens with zero attached hydrogens (tertiary/aromatic N) is 1. The number of hydrogen-bond donors (Lipinski definition) is 1. The monoisotopic (exact) mass is 298 g/mol. The number of hydrogen-bond acceptors (Lipinski definition) is 3. The van der Waals surface area contributed by atoms with Crippen molar-refractivity contribution in [1.82, 2.24) is 5.32 Å². The van der Waals surface area contributed by atoms with Gasteiger partial charge in [0.2, 0.25) is 15.9 Å². The highest BCUT2D eigenvalue weighted by atomic mass is 32.2. The Balaban J connectivity index is 3.26. The van der Waals surface area contributed by atoms with Crippen molar-refractivity contribution in [3.8, 4) is 0 Å². The van der Waals surface area contributed by atoms with Gasteiger partial charge in [-0.25, -0.2) is 8.42 Å². The molecule has 112 valence electrons. The third kappa shape index (κ3) is 3.72. The highest BCUT2D eigenvalue weighted by Crippen LogP contribution is 2.23. The van der Waals surface area contributed by atoms with E-state index in [2.05, 4.69) is 5.32 Å². The predicted molar refractivity (Wildman–Crippen MR) is 81.4 cm³/mol. The van der Waals surface area contributed by atoms with Crippen molar-refractivity contribution >= 4 is 21.6 Å². The van der Waals surface area contributed by atoms with Crippen LogP contribution in [0.5, 0.6) is 0 Å². The molecule has 0 radical (unpaired) electrons. The lowest BCUT2D eigenvalue weighted by atomic mass is 10.1. The molecule has 1 atom stereocenters. The fourth-order valence-corrected chi connectivity index (χ4v) is 3.16. The van der Waals surface area contributed by atoms with Crippen molar-refractivity contribution in [2.24, 2.45) is 0 Å². The number of carbonyl (C=O) groups excluding carboxylic acids is 1. The van der Waals surface area contributed by atoms with Crippen molar-refractivity contribution < 1.29 is 13.2 Å². The Kier molecular flexibility index (Phi) is 5.16. The average Bonchev–Trinajstić information content (AvgIpc) is 2.32. The van der Waals surface area contributed by atoms with Gasteiger partial charge in [0.1, 0.15) is 6.04 Å². The Bertz CT molecular complexity index is 596. The minimum Gasteiger partial charge on any atom is -0.355 e. The number of benzene rings is 1. The Morgan fingerprint density at radius 2 is 1.90 bits per heavy atom. The maximum Gasteiger partial charge on any atom is 0.243 e. The SMILES string of the molecule is CCNC(=O)[C@H](C)N(c1ccc(C)c(C)c1)S(C)(=O)=O. The van der Waals surface area contributed by atoms with E-state index in [9.17, 15) is 13.2 Å². The predicted octanol–water partition coefficient (Wildman–Crippen LogP) is 1.59. The summed E-state index contributed by atoms with van der Waals surface area (Å²) < 4.78 is 25.2. The number of sulfonamides is 1. The molecule has 1 aromatic rings. The summed E-state index contributed by atoms with van der Waals surface area (Å²) in [5.74, 6) is -0.309. The van der Waals surface area contributed by atoms with E-state index in [0.29, 0.717) is 12.2 Å². The molecule has 20 heavy (non-hydrogen) atoms. The molecular formula is C14H22N2O3S. The first kappa shape index (κ1) is 16.5. The quantitative estimate of drug-likeness (QED) is 0.898. The highest BCUT2D eigenvalue weighted by molar-refractivity contribution is 7.92. The molecule has 0 fully saturated rings. The second kappa shape index (κ2) is 6.26. The van der Waals surface area contributed by atoms with Crippen molar-refractivity contribution in [2.75, 3.05) is 17.1 Å². The Morgan fingerprint density at radius 3 is 2.35 bits per heavy atom. The lowest BCUT2D eigenvalue weighted by Crippen LogP contribution is -2.47. The van der Waals surface area contributed by atoms with Gasteiger partial charge < -0.3 is 5.32 Å². The van der Waals surface area contributed by atoms with E-state index in [1.165, 1.54) is 0 Å². The second-order valence-corrected chi connectivity index (χ2v) is 6.76. The minimum atomic E-state index is -3.54. The number of rotatable bonds is 5. The van der Waals surface area contributed by atoms with E-state index in [0.717, 1.165) is 21.7 Å². The molecule has 5 nitrogen and oxygen atoms in total. The summed E-state index contributed by atoms with van der Waals surface area (Å²) in [6, 6.07) is 4.57. The normalized spacial score (nSPS) is 12.8. The van der Waals surface area contributed by atoms with E-state index in [1.807, 2.05) is 19.9 Å². The van der Waals surface area contributed by atoms with Crippen molar-refractivity contribution in [3.05, 3.63) is 29.3 Å². The smallest absolute Gasteiger partial charge is 0.243 e. The number of nitrogens with one attached hydrogen (secondary N) is 1. The molecule has 0 spiro atoms. The first-order chi connectivity index (χ1) is 9.18. The zero-order valence-electron chi connectivity index (χ0n) is 12.6. The van der Waals surface area contributed by atoms with E-state index < -0.39 is 16.1 Å². The summed E-state index contributed by atoms with van der Waals surface area (Å²) in [6.07, 6.45) is 1.11. The van der Waals surface area contributed by atoms with Crippen molar-refractivity contribution in [3.63, 3.8) is 0 Å². The van der Waals surface area contributed by atoms with Gasteiger partial charge in [-0.05, 0) is 51.0 Å². The Hall–Kier alpha value is -1.56.